The average molecular weight is 431 g/mol. The maximum atomic E-state index is 13.9. The monoisotopic (exact) mass is 430 g/mol. The fourth-order valence-electron chi connectivity index (χ4n) is 3.21. The molecule has 0 spiro atoms. The number of halogens is 1. The van der Waals surface area contributed by atoms with Gasteiger partial charge in [-0.25, -0.2) is 12.8 Å². The minimum atomic E-state index is -3.55. The molecular weight excluding hydrogens is 407 g/mol. The first-order valence-electron chi connectivity index (χ1n) is 9.59. The molecule has 1 unspecified atom stereocenters. The number of aromatic nitrogens is 2. The van der Waals surface area contributed by atoms with E-state index < -0.39 is 27.8 Å². The fraction of sp³-hybridized carbons (Fsp3) is 0.286. The molecule has 7 nitrogen and oxygen atoms in total. The zero-order chi connectivity index (χ0) is 21.9. The molecule has 0 aliphatic carbocycles. The first-order chi connectivity index (χ1) is 14.3. The quantitative estimate of drug-likeness (QED) is 0.621. The third kappa shape index (κ3) is 4.31. The van der Waals surface area contributed by atoms with Crippen LogP contribution in [0.15, 0.2) is 53.7 Å². The number of benzene rings is 2. The van der Waals surface area contributed by atoms with Gasteiger partial charge in [-0.3, -0.25) is 14.8 Å². The molecule has 0 fully saturated rings. The molecule has 158 valence electrons. The number of hydrogen-bond donors (Lipinski definition) is 1. The summed E-state index contributed by atoms with van der Waals surface area (Å²) in [6.07, 6.45) is 2.87. The molecule has 1 N–H and O–H groups in total. The third-order valence-corrected chi connectivity index (χ3v) is 6.92. The highest BCUT2D eigenvalue weighted by molar-refractivity contribution is 7.89. The van der Waals surface area contributed by atoms with Crippen LogP contribution in [0.2, 0.25) is 0 Å². The van der Waals surface area contributed by atoms with Gasteiger partial charge in [-0.15, -0.1) is 0 Å². The van der Waals surface area contributed by atoms with E-state index in [1.807, 2.05) is 0 Å². The van der Waals surface area contributed by atoms with Crippen LogP contribution in [0.4, 0.5) is 4.39 Å². The van der Waals surface area contributed by atoms with E-state index in [0.29, 0.717) is 29.7 Å². The fourth-order valence-corrected chi connectivity index (χ4v) is 4.67. The highest BCUT2D eigenvalue weighted by atomic mass is 32.2. The number of sulfonamides is 1. The van der Waals surface area contributed by atoms with E-state index in [0.717, 1.165) is 6.07 Å². The van der Waals surface area contributed by atoms with Crippen molar-refractivity contribution in [1.82, 2.24) is 19.6 Å². The van der Waals surface area contributed by atoms with Crippen LogP contribution in [0.25, 0.3) is 11.0 Å². The Balaban J connectivity index is 1.82. The Labute approximate surface area is 175 Å². The first kappa shape index (κ1) is 21.8. The number of hydrogen-bond acceptors (Lipinski definition) is 5. The lowest BCUT2D eigenvalue weighted by molar-refractivity contribution is 0.0941. The van der Waals surface area contributed by atoms with Gasteiger partial charge in [0.05, 0.1) is 22.0 Å². The van der Waals surface area contributed by atoms with E-state index in [1.165, 1.54) is 34.9 Å². The smallest absolute Gasteiger partial charge is 0.254 e. The van der Waals surface area contributed by atoms with Crippen LogP contribution in [0.1, 0.15) is 42.7 Å². The largest absolute Gasteiger partial charge is 0.345 e. The maximum Gasteiger partial charge on any atom is 0.254 e. The zero-order valence-electron chi connectivity index (χ0n) is 17.0. The Morgan fingerprint density at radius 2 is 1.73 bits per heavy atom. The number of carbonyl (C=O) groups excluding carboxylic acids is 1. The molecule has 0 aliphatic rings. The molecule has 1 amide bonds. The van der Waals surface area contributed by atoms with Gasteiger partial charge in [0.2, 0.25) is 10.0 Å². The highest BCUT2D eigenvalue weighted by Crippen LogP contribution is 2.21. The lowest BCUT2D eigenvalue weighted by Gasteiger charge is -2.19. The summed E-state index contributed by atoms with van der Waals surface area (Å²) in [5.41, 5.74) is 1.41. The summed E-state index contributed by atoms with van der Waals surface area (Å²) in [6, 6.07) is 8.27. The summed E-state index contributed by atoms with van der Waals surface area (Å²) in [5, 5.41) is 2.80. The second-order valence-electron chi connectivity index (χ2n) is 6.73. The Bertz CT molecular complexity index is 1160. The lowest BCUT2D eigenvalue weighted by Crippen LogP contribution is -2.30. The van der Waals surface area contributed by atoms with Gasteiger partial charge < -0.3 is 5.32 Å². The minimum Gasteiger partial charge on any atom is -0.345 e. The number of rotatable bonds is 7. The standard InChI is InChI=1S/C21H23FN4O3S/c1-4-26(5-2)30(28,29)17-8-6-15(7-9-17)14(3)25-21(27)18-12-16(22)13-19-20(18)24-11-10-23-19/h6-14H,4-5H2,1-3H3,(H,25,27). The SMILES string of the molecule is CCN(CC)S(=O)(=O)c1ccc(C(C)NC(=O)c2cc(F)cc3nccnc23)cc1. The number of nitrogens with one attached hydrogen (secondary N) is 1. The van der Waals surface area contributed by atoms with E-state index >= 15 is 0 Å². The van der Waals surface area contributed by atoms with Crippen molar-refractivity contribution in [2.75, 3.05) is 13.1 Å². The van der Waals surface area contributed by atoms with Crippen LogP contribution in [0.5, 0.6) is 0 Å². The van der Waals surface area contributed by atoms with Crippen LogP contribution in [0.3, 0.4) is 0 Å². The van der Waals surface area contributed by atoms with Crippen molar-refractivity contribution in [2.45, 2.75) is 31.7 Å². The summed E-state index contributed by atoms with van der Waals surface area (Å²) in [7, 11) is -3.55. The summed E-state index contributed by atoms with van der Waals surface area (Å²) in [5.74, 6) is -1.07. The number of fused-ring (bicyclic) bond motifs is 1. The predicted molar refractivity (Wildman–Crippen MR) is 112 cm³/mol. The van der Waals surface area contributed by atoms with Gasteiger partial charge in [0.1, 0.15) is 11.3 Å². The predicted octanol–water partition coefficient (Wildman–Crippen LogP) is 3.29. The van der Waals surface area contributed by atoms with Gasteiger partial charge in [0, 0.05) is 31.5 Å². The highest BCUT2D eigenvalue weighted by Gasteiger charge is 2.22. The summed E-state index contributed by atoms with van der Waals surface area (Å²) in [6.45, 7) is 6.11. The molecular formula is C21H23FN4O3S. The Hall–Kier alpha value is -2.91. The number of nitrogens with zero attached hydrogens (tertiary/aromatic N) is 3. The Kier molecular flexibility index (Phi) is 6.42. The van der Waals surface area contributed by atoms with Crippen LogP contribution in [-0.4, -0.2) is 41.7 Å². The molecule has 3 rings (SSSR count). The molecule has 0 aliphatic heterocycles. The Morgan fingerprint density at radius 3 is 2.37 bits per heavy atom. The second-order valence-corrected chi connectivity index (χ2v) is 8.67. The van der Waals surface area contributed by atoms with Crippen LogP contribution in [0, 0.1) is 5.82 Å². The summed E-state index contributed by atoms with van der Waals surface area (Å²) < 4.78 is 40.5. The van der Waals surface area contributed by atoms with Crippen molar-refractivity contribution in [3.05, 3.63) is 65.7 Å². The molecule has 1 atom stereocenters. The number of amides is 1. The molecule has 0 radical (unpaired) electrons. The van der Waals surface area contributed by atoms with Crippen molar-refractivity contribution in [3.8, 4) is 0 Å². The maximum absolute atomic E-state index is 13.9. The van der Waals surface area contributed by atoms with Crippen molar-refractivity contribution in [3.63, 3.8) is 0 Å². The molecule has 0 saturated heterocycles. The van der Waals surface area contributed by atoms with Crippen molar-refractivity contribution >= 4 is 27.0 Å². The van der Waals surface area contributed by atoms with Gasteiger partial charge >= 0.3 is 0 Å². The average Bonchev–Trinajstić information content (AvgIpc) is 2.73. The van der Waals surface area contributed by atoms with Gasteiger partial charge in [-0.2, -0.15) is 4.31 Å². The molecule has 9 heteroatoms. The summed E-state index contributed by atoms with van der Waals surface area (Å²) in [4.78, 5) is 21.1. The van der Waals surface area contributed by atoms with Gasteiger partial charge in [0.25, 0.3) is 5.91 Å². The van der Waals surface area contributed by atoms with E-state index in [2.05, 4.69) is 15.3 Å². The topological polar surface area (TPSA) is 92.3 Å². The number of carbonyl (C=O) groups is 1. The molecule has 30 heavy (non-hydrogen) atoms. The first-order valence-corrected chi connectivity index (χ1v) is 11.0. The van der Waals surface area contributed by atoms with Crippen molar-refractivity contribution < 1.29 is 17.6 Å². The normalized spacial score (nSPS) is 12.8. The van der Waals surface area contributed by atoms with Gasteiger partial charge in [0.15, 0.2) is 0 Å². The molecule has 0 bridgehead atoms. The van der Waals surface area contributed by atoms with Crippen molar-refractivity contribution in [2.24, 2.45) is 0 Å². The minimum absolute atomic E-state index is 0.0886. The van der Waals surface area contributed by atoms with Crippen LogP contribution in [-0.2, 0) is 10.0 Å². The van der Waals surface area contributed by atoms with Gasteiger partial charge in [-0.1, -0.05) is 26.0 Å². The second kappa shape index (κ2) is 8.85. The zero-order valence-corrected chi connectivity index (χ0v) is 17.8. The Morgan fingerprint density at radius 1 is 1.10 bits per heavy atom. The van der Waals surface area contributed by atoms with E-state index in [4.69, 9.17) is 0 Å². The van der Waals surface area contributed by atoms with E-state index in [9.17, 15) is 17.6 Å². The van der Waals surface area contributed by atoms with E-state index in [-0.39, 0.29) is 10.5 Å². The molecule has 1 aromatic heterocycles. The van der Waals surface area contributed by atoms with Gasteiger partial charge in [-0.05, 0) is 30.7 Å². The van der Waals surface area contributed by atoms with E-state index in [1.54, 1.807) is 32.9 Å². The molecule has 0 saturated carbocycles. The third-order valence-electron chi connectivity index (χ3n) is 4.85. The summed E-state index contributed by atoms with van der Waals surface area (Å²) >= 11 is 0. The van der Waals surface area contributed by atoms with Crippen molar-refractivity contribution in [1.29, 1.82) is 0 Å². The van der Waals surface area contributed by atoms with Crippen LogP contribution < -0.4 is 5.32 Å². The lowest BCUT2D eigenvalue weighted by atomic mass is 10.1. The molecule has 2 aromatic carbocycles. The molecule has 3 aromatic rings. The van der Waals surface area contributed by atoms with Crippen LogP contribution >= 0.6 is 0 Å². The molecule has 1 heterocycles.